The number of hydrogen-bond donors (Lipinski definition) is 2. The van der Waals surface area contributed by atoms with Gasteiger partial charge in [-0.2, -0.15) is 0 Å². The van der Waals surface area contributed by atoms with E-state index in [2.05, 4.69) is 15.6 Å². The number of aryl methyl sites for hydroxylation is 1. The van der Waals surface area contributed by atoms with Gasteiger partial charge in [0.2, 0.25) is 5.91 Å². The van der Waals surface area contributed by atoms with Crippen LogP contribution >= 0.6 is 0 Å². The molecule has 0 spiro atoms. The molecule has 0 saturated carbocycles. The standard InChI is InChI=1S/C12H19N3O/c1-4-6-14-12(16)10(3)15-11-8-9(2)5-7-13-11/h5,7-8,10H,4,6H2,1-3H3,(H,13,15)(H,14,16). The number of nitrogens with one attached hydrogen (secondary N) is 2. The summed E-state index contributed by atoms with van der Waals surface area (Å²) in [6.45, 7) is 6.57. The SMILES string of the molecule is CCCNC(=O)C(C)Nc1cc(C)ccn1. The van der Waals surface area contributed by atoms with E-state index in [1.165, 1.54) is 0 Å². The fourth-order valence-corrected chi connectivity index (χ4v) is 1.30. The summed E-state index contributed by atoms with van der Waals surface area (Å²) in [5, 5.41) is 5.91. The molecule has 0 bridgehead atoms. The maximum Gasteiger partial charge on any atom is 0.242 e. The molecule has 88 valence electrons. The molecule has 0 aliphatic rings. The molecule has 0 aliphatic carbocycles. The van der Waals surface area contributed by atoms with Crippen molar-refractivity contribution in [3.05, 3.63) is 23.9 Å². The number of nitrogens with zero attached hydrogens (tertiary/aromatic N) is 1. The average Bonchev–Trinajstić information content (AvgIpc) is 2.25. The van der Waals surface area contributed by atoms with Gasteiger partial charge in [-0.1, -0.05) is 6.92 Å². The van der Waals surface area contributed by atoms with Gasteiger partial charge in [-0.15, -0.1) is 0 Å². The van der Waals surface area contributed by atoms with Gasteiger partial charge in [-0.3, -0.25) is 4.79 Å². The second-order valence-corrected chi connectivity index (χ2v) is 3.88. The van der Waals surface area contributed by atoms with Gasteiger partial charge in [0.1, 0.15) is 11.9 Å². The minimum Gasteiger partial charge on any atom is -0.359 e. The molecular formula is C12H19N3O. The highest BCUT2D eigenvalue weighted by molar-refractivity contribution is 5.83. The first kappa shape index (κ1) is 12.5. The normalized spacial score (nSPS) is 11.9. The molecule has 16 heavy (non-hydrogen) atoms. The number of hydrogen-bond acceptors (Lipinski definition) is 3. The highest BCUT2D eigenvalue weighted by Gasteiger charge is 2.11. The average molecular weight is 221 g/mol. The van der Waals surface area contributed by atoms with Crippen molar-refractivity contribution in [2.24, 2.45) is 0 Å². The first-order valence-corrected chi connectivity index (χ1v) is 5.60. The quantitative estimate of drug-likeness (QED) is 0.796. The second kappa shape index (κ2) is 6.10. The third kappa shape index (κ3) is 3.88. The Kier molecular flexibility index (Phi) is 4.76. The molecular weight excluding hydrogens is 202 g/mol. The smallest absolute Gasteiger partial charge is 0.242 e. The Morgan fingerprint density at radius 2 is 2.31 bits per heavy atom. The summed E-state index contributed by atoms with van der Waals surface area (Å²) in [5.74, 6) is 0.740. The highest BCUT2D eigenvalue weighted by atomic mass is 16.2. The van der Waals surface area contributed by atoms with E-state index in [0.717, 1.165) is 17.8 Å². The van der Waals surface area contributed by atoms with Crippen molar-refractivity contribution >= 4 is 11.7 Å². The number of anilines is 1. The molecule has 4 heteroatoms. The Labute approximate surface area is 96.5 Å². The van der Waals surface area contributed by atoms with E-state index >= 15 is 0 Å². The third-order valence-corrected chi connectivity index (χ3v) is 2.22. The number of aromatic nitrogens is 1. The molecule has 0 saturated heterocycles. The minimum atomic E-state index is -0.263. The van der Waals surface area contributed by atoms with E-state index in [9.17, 15) is 4.79 Å². The van der Waals surface area contributed by atoms with Gasteiger partial charge in [0, 0.05) is 12.7 Å². The van der Waals surface area contributed by atoms with Gasteiger partial charge in [-0.25, -0.2) is 4.98 Å². The van der Waals surface area contributed by atoms with Crippen molar-refractivity contribution < 1.29 is 4.79 Å². The van der Waals surface area contributed by atoms with Crippen LogP contribution in [0.3, 0.4) is 0 Å². The fourth-order valence-electron chi connectivity index (χ4n) is 1.30. The van der Waals surface area contributed by atoms with Crippen molar-refractivity contribution in [2.75, 3.05) is 11.9 Å². The van der Waals surface area contributed by atoms with Crippen LogP contribution in [0.4, 0.5) is 5.82 Å². The van der Waals surface area contributed by atoms with Crippen molar-refractivity contribution in [1.29, 1.82) is 0 Å². The van der Waals surface area contributed by atoms with Crippen molar-refractivity contribution in [1.82, 2.24) is 10.3 Å². The van der Waals surface area contributed by atoms with Gasteiger partial charge in [0.05, 0.1) is 0 Å². The summed E-state index contributed by atoms with van der Waals surface area (Å²) in [6.07, 6.45) is 2.68. The minimum absolute atomic E-state index is 0.00477. The molecule has 1 rings (SSSR count). The van der Waals surface area contributed by atoms with Gasteiger partial charge in [0.25, 0.3) is 0 Å². The number of carbonyl (C=O) groups is 1. The van der Waals surface area contributed by atoms with E-state index < -0.39 is 0 Å². The lowest BCUT2D eigenvalue weighted by atomic mass is 10.2. The summed E-state index contributed by atoms with van der Waals surface area (Å²) in [6, 6.07) is 3.58. The Morgan fingerprint density at radius 1 is 1.56 bits per heavy atom. The number of amides is 1. The van der Waals surface area contributed by atoms with Crippen LogP contribution in [0.1, 0.15) is 25.8 Å². The largest absolute Gasteiger partial charge is 0.359 e. The van der Waals surface area contributed by atoms with E-state index in [4.69, 9.17) is 0 Å². The lowest BCUT2D eigenvalue weighted by Gasteiger charge is -2.14. The van der Waals surface area contributed by atoms with Crippen LogP contribution in [0.5, 0.6) is 0 Å². The maximum atomic E-state index is 11.6. The Balaban J connectivity index is 2.50. The molecule has 0 radical (unpaired) electrons. The van der Waals surface area contributed by atoms with E-state index in [-0.39, 0.29) is 11.9 Å². The molecule has 1 heterocycles. The predicted molar refractivity (Wildman–Crippen MR) is 65.4 cm³/mol. The first-order chi connectivity index (χ1) is 7.63. The lowest BCUT2D eigenvalue weighted by molar-refractivity contribution is -0.121. The van der Waals surface area contributed by atoms with Crippen LogP contribution in [0.15, 0.2) is 18.3 Å². The monoisotopic (exact) mass is 221 g/mol. The number of rotatable bonds is 5. The van der Waals surface area contributed by atoms with Crippen LogP contribution < -0.4 is 10.6 Å². The summed E-state index contributed by atoms with van der Waals surface area (Å²) in [4.78, 5) is 15.7. The zero-order valence-corrected chi connectivity index (χ0v) is 10.1. The van der Waals surface area contributed by atoms with Gasteiger partial charge >= 0.3 is 0 Å². The molecule has 1 unspecified atom stereocenters. The molecule has 0 aliphatic heterocycles. The van der Waals surface area contributed by atoms with E-state index in [0.29, 0.717) is 6.54 Å². The molecule has 1 aromatic heterocycles. The van der Waals surface area contributed by atoms with Crippen LogP contribution in [0.2, 0.25) is 0 Å². The lowest BCUT2D eigenvalue weighted by Crippen LogP contribution is -2.38. The molecule has 1 atom stereocenters. The molecule has 1 aromatic rings. The number of pyridine rings is 1. The summed E-state index contributed by atoms with van der Waals surface area (Å²) in [5.41, 5.74) is 1.12. The van der Waals surface area contributed by atoms with Crippen LogP contribution in [-0.4, -0.2) is 23.5 Å². The van der Waals surface area contributed by atoms with Crippen LogP contribution in [0.25, 0.3) is 0 Å². The molecule has 0 fully saturated rings. The van der Waals surface area contributed by atoms with E-state index in [1.54, 1.807) is 6.20 Å². The Bertz CT molecular complexity index is 352. The topological polar surface area (TPSA) is 54.0 Å². The van der Waals surface area contributed by atoms with Gasteiger partial charge < -0.3 is 10.6 Å². The Hall–Kier alpha value is -1.58. The van der Waals surface area contributed by atoms with Crippen molar-refractivity contribution in [2.45, 2.75) is 33.2 Å². The summed E-state index contributed by atoms with van der Waals surface area (Å²) < 4.78 is 0. The maximum absolute atomic E-state index is 11.6. The zero-order valence-electron chi connectivity index (χ0n) is 10.1. The molecule has 0 aromatic carbocycles. The first-order valence-electron chi connectivity index (χ1n) is 5.60. The molecule has 1 amide bonds. The summed E-state index contributed by atoms with van der Waals surface area (Å²) >= 11 is 0. The third-order valence-electron chi connectivity index (χ3n) is 2.22. The second-order valence-electron chi connectivity index (χ2n) is 3.88. The molecule has 4 nitrogen and oxygen atoms in total. The predicted octanol–water partition coefficient (Wildman–Crippen LogP) is 1.72. The van der Waals surface area contributed by atoms with Crippen LogP contribution in [0, 0.1) is 6.92 Å². The fraction of sp³-hybridized carbons (Fsp3) is 0.500. The zero-order chi connectivity index (χ0) is 12.0. The van der Waals surface area contributed by atoms with Crippen molar-refractivity contribution in [3.63, 3.8) is 0 Å². The van der Waals surface area contributed by atoms with Gasteiger partial charge in [0.15, 0.2) is 0 Å². The van der Waals surface area contributed by atoms with Gasteiger partial charge in [-0.05, 0) is 38.0 Å². The number of carbonyl (C=O) groups excluding carboxylic acids is 1. The summed E-state index contributed by atoms with van der Waals surface area (Å²) in [7, 11) is 0. The Morgan fingerprint density at radius 3 is 2.94 bits per heavy atom. The van der Waals surface area contributed by atoms with Crippen molar-refractivity contribution in [3.8, 4) is 0 Å². The van der Waals surface area contributed by atoms with E-state index in [1.807, 2.05) is 32.9 Å². The highest BCUT2D eigenvalue weighted by Crippen LogP contribution is 2.06. The van der Waals surface area contributed by atoms with Crippen LogP contribution in [-0.2, 0) is 4.79 Å². The molecule has 2 N–H and O–H groups in total.